The number of nitrogens with two attached hydrogens (primary N) is 1. The first-order valence-corrected chi connectivity index (χ1v) is 6.37. The van der Waals surface area contributed by atoms with E-state index in [-0.39, 0.29) is 24.6 Å². The smallest absolute Gasteiger partial charge is 0.258 e. The number of aryl methyl sites for hydroxylation is 1. The van der Waals surface area contributed by atoms with Crippen LogP contribution in [0.4, 0.5) is 0 Å². The van der Waals surface area contributed by atoms with Gasteiger partial charge in [-0.3, -0.25) is 4.79 Å². The third-order valence-electron chi connectivity index (χ3n) is 3.06. The minimum absolute atomic E-state index is 0.0586. The van der Waals surface area contributed by atoms with Crippen LogP contribution < -0.4 is 15.8 Å². The number of carbonyl (C=O) groups excluding carboxylic acids is 1. The molecule has 1 amide bonds. The van der Waals surface area contributed by atoms with E-state index in [1.165, 1.54) is 11.1 Å². The lowest BCUT2D eigenvalue weighted by atomic mass is 10.1. The number of hydrogen-bond donors (Lipinski definition) is 2. The molecule has 0 radical (unpaired) electrons. The summed E-state index contributed by atoms with van der Waals surface area (Å²) in [5.41, 5.74) is 8.41. The van der Waals surface area contributed by atoms with Crippen molar-refractivity contribution in [2.24, 2.45) is 5.73 Å². The lowest BCUT2D eigenvalue weighted by Gasteiger charge is -2.11. The van der Waals surface area contributed by atoms with Gasteiger partial charge in [0.05, 0.1) is 0 Å². The molecule has 2 rings (SSSR count). The van der Waals surface area contributed by atoms with Crippen LogP contribution in [0.2, 0.25) is 0 Å². The van der Waals surface area contributed by atoms with Crippen molar-refractivity contribution < 1.29 is 9.53 Å². The van der Waals surface area contributed by atoms with Crippen molar-refractivity contribution in [1.29, 1.82) is 0 Å². The van der Waals surface area contributed by atoms with Crippen molar-refractivity contribution in [3.63, 3.8) is 0 Å². The first-order chi connectivity index (χ1) is 8.56. The Morgan fingerprint density at radius 2 is 2.33 bits per heavy atom. The molecule has 0 spiro atoms. The monoisotopic (exact) mass is 248 g/mol. The molecule has 1 aliphatic rings. The van der Waals surface area contributed by atoms with Crippen molar-refractivity contribution >= 4 is 5.91 Å². The molecule has 0 bridgehead atoms. The summed E-state index contributed by atoms with van der Waals surface area (Å²) >= 11 is 0. The quantitative estimate of drug-likeness (QED) is 0.849. The molecule has 0 aromatic heterocycles. The molecule has 4 nitrogen and oxygen atoms in total. The molecule has 0 heterocycles. The van der Waals surface area contributed by atoms with E-state index in [2.05, 4.69) is 5.32 Å². The van der Waals surface area contributed by atoms with E-state index in [0.717, 1.165) is 18.6 Å². The number of fused-ring (bicyclic) bond motifs is 1. The first kappa shape index (κ1) is 12.9. The first-order valence-electron chi connectivity index (χ1n) is 6.37. The zero-order valence-electron chi connectivity index (χ0n) is 10.9. The van der Waals surface area contributed by atoms with Crippen LogP contribution in [0.25, 0.3) is 0 Å². The van der Waals surface area contributed by atoms with Gasteiger partial charge in [0.25, 0.3) is 5.91 Å². The standard InChI is InChI=1S/C14H20N2O2/c1-9(2)16-14(17)8-18-11-4-5-12-10(7-11)3-6-13(12)15/h4-5,7,9,13H,3,6,8,15H2,1-2H3,(H,16,17)/t13-/m0/s1. The number of carbonyl (C=O) groups is 1. The predicted molar refractivity (Wildman–Crippen MR) is 70.5 cm³/mol. The highest BCUT2D eigenvalue weighted by Crippen LogP contribution is 2.31. The molecule has 0 saturated carbocycles. The van der Waals surface area contributed by atoms with Crippen molar-refractivity contribution in [3.8, 4) is 5.75 Å². The van der Waals surface area contributed by atoms with Gasteiger partial charge in [-0.25, -0.2) is 0 Å². The van der Waals surface area contributed by atoms with Gasteiger partial charge in [-0.1, -0.05) is 6.07 Å². The second-order valence-corrected chi connectivity index (χ2v) is 5.02. The summed E-state index contributed by atoms with van der Waals surface area (Å²) in [4.78, 5) is 11.5. The number of benzene rings is 1. The summed E-state index contributed by atoms with van der Waals surface area (Å²) in [6.45, 7) is 3.91. The second-order valence-electron chi connectivity index (χ2n) is 5.02. The van der Waals surface area contributed by atoms with Gasteiger partial charge in [-0.15, -0.1) is 0 Å². The maximum Gasteiger partial charge on any atom is 0.258 e. The average Bonchev–Trinajstić information content (AvgIpc) is 2.67. The van der Waals surface area contributed by atoms with E-state index in [1.807, 2.05) is 32.0 Å². The molecule has 0 fully saturated rings. The fourth-order valence-electron chi connectivity index (χ4n) is 2.23. The summed E-state index contributed by atoms with van der Waals surface area (Å²) in [5.74, 6) is 0.643. The molecule has 3 N–H and O–H groups in total. The van der Waals surface area contributed by atoms with Gasteiger partial charge in [-0.2, -0.15) is 0 Å². The molecule has 18 heavy (non-hydrogen) atoms. The summed E-state index contributed by atoms with van der Waals surface area (Å²) in [6.07, 6.45) is 1.98. The molecule has 0 unspecified atom stereocenters. The fourth-order valence-corrected chi connectivity index (χ4v) is 2.23. The Morgan fingerprint density at radius 3 is 3.06 bits per heavy atom. The normalized spacial score (nSPS) is 17.7. The van der Waals surface area contributed by atoms with Crippen LogP contribution in [-0.4, -0.2) is 18.6 Å². The Bertz CT molecular complexity index is 443. The van der Waals surface area contributed by atoms with Crippen molar-refractivity contribution in [2.45, 2.75) is 38.8 Å². The summed E-state index contributed by atoms with van der Waals surface area (Å²) in [7, 11) is 0. The summed E-state index contributed by atoms with van der Waals surface area (Å²) in [6, 6.07) is 6.16. The van der Waals surface area contributed by atoms with Gasteiger partial charge in [0.15, 0.2) is 6.61 Å². The number of hydrogen-bond acceptors (Lipinski definition) is 3. The third-order valence-corrected chi connectivity index (χ3v) is 3.06. The molecule has 0 aliphatic heterocycles. The summed E-state index contributed by atoms with van der Waals surface area (Å²) < 4.78 is 5.48. The Kier molecular flexibility index (Phi) is 3.87. The molecular formula is C14H20N2O2. The predicted octanol–water partition coefficient (Wildman–Crippen LogP) is 1.54. The third kappa shape index (κ3) is 3.01. The number of nitrogens with one attached hydrogen (secondary N) is 1. The highest BCUT2D eigenvalue weighted by molar-refractivity contribution is 5.77. The van der Waals surface area contributed by atoms with Gasteiger partial charge in [0, 0.05) is 12.1 Å². The zero-order chi connectivity index (χ0) is 13.1. The van der Waals surface area contributed by atoms with Crippen molar-refractivity contribution in [1.82, 2.24) is 5.32 Å². The van der Waals surface area contributed by atoms with Crippen molar-refractivity contribution in [2.75, 3.05) is 6.61 Å². The largest absolute Gasteiger partial charge is 0.484 e. The Hall–Kier alpha value is -1.55. The average molecular weight is 248 g/mol. The second kappa shape index (κ2) is 5.40. The molecule has 1 aromatic carbocycles. The van der Waals surface area contributed by atoms with Crippen LogP contribution in [0.1, 0.15) is 37.4 Å². The van der Waals surface area contributed by atoms with E-state index < -0.39 is 0 Å². The zero-order valence-corrected chi connectivity index (χ0v) is 10.9. The van der Waals surface area contributed by atoms with Gasteiger partial charge < -0.3 is 15.8 Å². The number of rotatable bonds is 4. The van der Waals surface area contributed by atoms with Crippen LogP contribution in [0.15, 0.2) is 18.2 Å². The van der Waals surface area contributed by atoms with E-state index in [9.17, 15) is 4.79 Å². The number of ether oxygens (including phenoxy) is 1. The van der Waals surface area contributed by atoms with Crippen LogP contribution in [-0.2, 0) is 11.2 Å². The highest BCUT2D eigenvalue weighted by atomic mass is 16.5. The van der Waals surface area contributed by atoms with Crippen LogP contribution in [0, 0.1) is 0 Å². The maximum atomic E-state index is 11.5. The lowest BCUT2D eigenvalue weighted by Crippen LogP contribution is -2.34. The molecule has 1 atom stereocenters. The highest BCUT2D eigenvalue weighted by Gasteiger charge is 2.19. The van der Waals surface area contributed by atoms with E-state index in [1.54, 1.807) is 0 Å². The molecule has 0 saturated heterocycles. The maximum absolute atomic E-state index is 11.5. The lowest BCUT2D eigenvalue weighted by molar-refractivity contribution is -0.123. The molecular weight excluding hydrogens is 228 g/mol. The minimum atomic E-state index is -0.0952. The SMILES string of the molecule is CC(C)NC(=O)COc1ccc2c(c1)CC[C@@H]2N. The Morgan fingerprint density at radius 1 is 1.56 bits per heavy atom. The summed E-state index contributed by atoms with van der Waals surface area (Å²) in [5, 5.41) is 2.79. The van der Waals surface area contributed by atoms with Gasteiger partial charge in [0.2, 0.25) is 0 Å². The Labute approximate surface area is 108 Å². The van der Waals surface area contributed by atoms with E-state index in [0.29, 0.717) is 0 Å². The van der Waals surface area contributed by atoms with E-state index in [4.69, 9.17) is 10.5 Å². The molecule has 98 valence electrons. The van der Waals surface area contributed by atoms with Gasteiger partial charge in [-0.05, 0) is 49.9 Å². The van der Waals surface area contributed by atoms with Gasteiger partial charge >= 0.3 is 0 Å². The van der Waals surface area contributed by atoms with E-state index >= 15 is 0 Å². The molecule has 1 aromatic rings. The van der Waals surface area contributed by atoms with Crippen LogP contribution in [0.3, 0.4) is 0 Å². The van der Waals surface area contributed by atoms with Crippen molar-refractivity contribution in [3.05, 3.63) is 29.3 Å². The van der Waals surface area contributed by atoms with Crippen LogP contribution >= 0.6 is 0 Å². The minimum Gasteiger partial charge on any atom is -0.484 e. The Balaban J connectivity index is 1.93. The molecule has 4 heteroatoms. The van der Waals surface area contributed by atoms with Gasteiger partial charge in [0.1, 0.15) is 5.75 Å². The molecule has 1 aliphatic carbocycles. The fraction of sp³-hybridized carbons (Fsp3) is 0.500. The topological polar surface area (TPSA) is 64.3 Å². The number of amides is 1. The van der Waals surface area contributed by atoms with Crippen LogP contribution in [0.5, 0.6) is 5.75 Å².